The molecule has 0 radical (unpaired) electrons. The quantitative estimate of drug-likeness (QED) is 0.119. The third-order valence-corrected chi connectivity index (χ3v) is 24.7. The molecular formula is C104H64N2S2. The fourth-order valence-corrected chi connectivity index (χ4v) is 19.6. The van der Waals surface area contributed by atoms with Crippen molar-refractivity contribution in [2.24, 2.45) is 0 Å². The summed E-state index contributed by atoms with van der Waals surface area (Å²) < 4.78 is 5.14. The van der Waals surface area contributed by atoms with E-state index in [0.29, 0.717) is 0 Å². The number of benzene rings is 20. The molecule has 0 bridgehead atoms. The first-order valence-electron chi connectivity index (χ1n) is 37.1. The van der Waals surface area contributed by atoms with E-state index < -0.39 is 0 Å². The SMILES string of the molecule is c1ccc(-c2cccc(N(c3ccc(-c4cccc5ccc6ccc7ccccc7c6c45)cc3)c3ccc4cc5sc6cc(-c7cc(-c8ccc(N(c9cccc(-c%10ccccc%10)c9)c9cccc%10cc%11sc%12ccccc%12c%11cc9%10)cc8)cc8c7ccc7ccc9ccccc9c78)ccc6c5cc4c3)c2)cc1. The molecule has 108 heavy (non-hydrogen) atoms. The van der Waals surface area contributed by atoms with Crippen molar-refractivity contribution in [2.45, 2.75) is 0 Å². The molecule has 20 aromatic carbocycles. The largest absolute Gasteiger partial charge is 0.310 e. The van der Waals surface area contributed by atoms with Gasteiger partial charge in [-0.25, -0.2) is 0 Å². The minimum Gasteiger partial charge on any atom is -0.310 e. The first-order valence-corrected chi connectivity index (χ1v) is 38.7. The number of thiophene rings is 2. The van der Waals surface area contributed by atoms with Gasteiger partial charge in [0.1, 0.15) is 0 Å². The van der Waals surface area contributed by atoms with Gasteiger partial charge in [-0.05, 0) is 252 Å². The Bertz CT molecular complexity index is 7410. The van der Waals surface area contributed by atoms with Gasteiger partial charge in [0, 0.05) is 74.2 Å². The van der Waals surface area contributed by atoms with Crippen molar-refractivity contribution in [1.29, 1.82) is 0 Å². The molecule has 2 aromatic heterocycles. The molecule has 0 saturated carbocycles. The molecule has 0 fully saturated rings. The van der Waals surface area contributed by atoms with Crippen LogP contribution in [0.4, 0.5) is 34.1 Å². The van der Waals surface area contributed by atoms with E-state index in [2.05, 4.69) is 398 Å². The highest BCUT2D eigenvalue weighted by Crippen LogP contribution is 2.49. The molecule has 0 unspecified atom stereocenters. The second-order valence-electron chi connectivity index (χ2n) is 28.7. The zero-order valence-corrected chi connectivity index (χ0v) is 60.3. The van der Waals surface area contributed by atoms with Gasteiger partial charge in [0.15, 0.2) is 0 Å². The molecule has 0 saturated heterocycles. The molecular weight excluding hydrogens is 1340 g/mol. The smallest absolute Gasteiger partial charge is 0.0540 e. The van der Waals surface area contributed by atoms with Gasteiger partial charge in [-0.2, -0.15) is 0 Å². The van der Waals surface area contributed by atoms with Crippen LogP contribution in [-0.4, -0.2) is 0 Å². The lowest BCUT2D eigenvalue weighted by Crippen LogP contribution is -2.10. The molecule has 0 aliphatic heterocycles. The van der Waals surface area contributed by atoms with Crippen molar-refractivity contribution in [2.75, 3.05) is 9.80 Å². The minimum atomic E-state index is 1.08. The Kier molecular flexibility index (Phi) is 14.4. The molecule has 0 aliphatic carbocycles. The Hall–Kier alpha value is -13.5. The molecule has 4 heteroatoms. The van der Waals surface area contributed by atoms with Gasteiger partial charge in [0.25, 0.3) is 0 Å². The fourth-order valence-electron chi connectivity index (χ4n) is 17.3. The number of hydrogen-bond donors (Lipinski definition) is 0. The summed E-state index contributed by atoms with van der Waals surface area (Å²) in [6.07, 6.45) is 0. The second-order valence-corrected chi connectivity index (χ2v) is 30.8. The lowest BCUT2D eigenvalue weighted by Gasteiger charge is -2.27. The summed E-state index contributed by atoms with van der Waals surface area (Å²) in [5, 5.41) is 25.0. The summed E-state index contributed by atoms with van der Waals surface area (Å²) in [5.74, 6) is 0. The Balaban J connectivity index is 0.663. The molecule has 0 spiro atoms. The number of fused-ring (bicyclic) bond motifs is 18. The molecule has 22 rings (SSSR count). The van der Waals surface area contributed by atoms with E-state index in [1.807, 2.05) is 22.7 Å². The first-order chi connectivity index (χ1) is 53.5. The lowest BCUT2D eigenvalue weighted by molar-refractivity contribution is 1.29. The lowest BCUT2D eigenvalue weighted by atomic mass is 9.89. The van der Waals surface area contributed by atoms with Crippen LogP contribution in [0.2, 0.25) is 0 Å². The number of anilines is 6. The second kappa shape index (κ2) is 25.1. The van der Waals surface area contributed by atoms with Gasteiger partial charge in [-0.3, -0.25) is 0 Å². The third-order valence-electron chi connectivity index (χ3n) is 22.5. The Labute approximate surface area is 632 Å². The zero-order chi connectivity index (χ0) is 70.9. The standard InChI is InChI=1S/C104H64N2S2/c1-3-17-65(18-4-1)74-24-13-27-83(55-74)105(81-50-43-70(44-51-81)88-32-15-23-71-39-40-73-38-36-69-22-8-10-30-87(69)104(73)103(71)88)85-52-45-76-61-100-94(59-79(76)57-85)91-54-47-78(63-99(91)108-100)92-58-80(60-96-89(92)53-46-72-37-35-68-21-7-9-29-86(68)102(72)96)67-41-48-82(49-42-67)106(84-28-14-25-75(56-84)66-19-5-2-6-20-66)97-33-16-26-77-62-101-95(64-93(77)97)90-31-11-12-34-98(90)107-101/h1-64H. The van der Waals surface area contributed by atoms with Gasteiger partial charge in [-0.1, -0.05) is 273 Å². The fraction of sp³-hybridized carbons (Fsp3) is 0. The van der Waals surface area contributed by atoms with Crippen LogP contribution in [0.15, 0.2) is 388 Å². The Morgan fingerprint density at radius 1 is 0.157 bits per heavy atom. The van der Waals surface area contributed by atoms with Crippen LogP contribution >= 0.6 is 22.7 Å². The molecule has 2 nitrogen and oxygen atoms in total. The van der Waals surface area contributed by atoms with Gasteiger partial charge < -0.3 is 9.80 Å². The average Bonchev–Trinajstić information content (AvgIpc) is 1.78. The van der Waals surface area contributed by atoms with Crippen molar-refractivity contribution in [3.63, 3.8) is 0 Å². The van der Waals surface area contributed by atoms with Crippen LogP contribution in [0.25, 0.3) is 182 Å². The summed E-state index contributed by atoms with van der Waals surface area (Å²) in [4.78, 5) is 4.89. The zero-order valence-electron chi connectivity index (χ0n) is 58.7. The van der Waals surface area contributed by atoms with E-state index in [4.69, 9.17) is 0 Å². The molecule has 0 N–H and O–H groups in total. The van der Waals surface area contributed by atoms with Crippen molar-refractivity contribution < 1.29 is 0 Å². The van der Waals surface area contributed by atoms with Crippen molar-refractivity contribution in [3.05, 3.63) is 388 Å². The highest BCUT2D eigenvalue weighted by atomic mass is 32.1. The molecule has 22 aromatic rings. The summed E-state index contributed by atoms with van der Waals surface area (Å²) >= 11 is 3.76. The summed E-state index contributed by atoms with van der Waals surface area (Å²) in [7, 11) is 0. The summed E-state index contributed by atoms with van der Waals surface area (Å²) in [6.45, 7) is 0. The van der Waals surface area contributed by atoms with Gasteiger partial charge >= 0.3 is 0 Å². The van der Waals surface area contributed by atoms with Crippen LogP contribution in [0.5, 0.6) is 0 Å². The van der Waals surface area contributed by atoms with Crippen molar-refractivity contribution >= 4 is 183 Å². The van der Waals surface area contributed by atoms with E-state index in [1.165, 1.54) is 177 Å². The Morgan fingerprint density at radius 2 is 0.630 bits per heavy atom. The molecule has 0 aliphatic rings. The monoisotopic (exact) mass is 1400 g/mol. The van der Waals surface area contributed by atoms with Crippen molar-refractivity contribution in [3.8, 4) is 55.6 Å². The van der Waals surface area contributed by atoms with E-state index in [0.717, 1.165) is 39.7 Å². The Morgan fingerprint density at radius 3 is 1.36 bits per heavy atom. The van der Waals surface area contributed by atoms with Crippen LogP contribution < -0.4 is 9.80 Å². The summed E-state index contributed by atoms with van der Waals surface area (Å²) in [5.41, 5.74) is 18.4. The predicted octanol–water partition coefficient (Wildman–Crippen LogP) is 30.9. The topological polar surface area (TPSA) is 6.48 Å². The van der Waals surface area contributed by atoms with Gasteiger partial charge in [-0.15, -0.1) is 22.7 Å². The average molecular weight is 1410 g/mol. The number of rotatable bonds is 11. The third kappa shape index (κ3) is 10.4. The predicted molar refractivity (Wildman–Crippen MR) is 469 cm³/mol. The molecule has 0 amide bonds. The van der Waals surface area contributed by atoms with E-state index in [1.54, 1.807) is 0 Å². The van der Waals surface area contributed by atoms with E-state index >= 15 is 0 Å². The van der Waals surface area contributed by atoms with Gasteiger partial charge in [0.05, 0.1) is 5.69 Å². The van der Waals surface area contributed by atoms with Crippen LogP contribution in [0.3, 0.4) is 0 Å². The maximum absolute atomic E-state index is 2.46. The number of nitrogens with zero attached hydrogens (tertiary/aromatic N) is 2. The molecule has 2 heterocycles. The van der Waals surface area contributed by atoms with Crippen LogP contribution in [-0.2, 0) is 0 Å². The first kappa shape index (κ1) is 61.9. The van der Waals surface area contributed by atoms with E-state index in [9.17, 15) is 0 Å². The molecule has 0 atom stereocenters. The minimum absolute atomic E-state index is 1.08. The highest BCUT2D eigenvalue weighted by Gasteiger charge is 2.23. The van der Waals surface area contributed by atoms with Crippen molar-refractivity contribution in [1.82, 2.24) is 0 Å². The highest BCUT2D eigenvalue weighted by molar-refractivity contribution is 7.26. The maximum Gasteiger partial charge on any atom is 0.0540 e. The normalized spacial score (nSPS) is 11.9. The summed E-state index contributed by atoms with van der Waals surface area (Å²) in [6, 6.07) is 145. The number of hydrogen-bond acceptors (Lipinski definition) is 4. The van der Waals surface area contributed by atoms with E-state index in [-0.39, 0.29) is 0 Å². The maximum atomic E-state index is 2.46. The van der Waals surface area contributed by atoms with Gasteiger partial charge in [0.2, 0.25) is 0 Å². The van der Waals surface area contributed by atoms with Crippen LogP contribution in [0, 0.1) is 0 Å². The molecule has 502 valence electrons. The van der Waals surface area contributed by atoms with Crippen LogP contribution in [0.1, 0.15) is 0 Å².